The smallest absolute Gasteiger partial charge is 0.332 e. The Morgan fingerprint density at radius 1 is 1.22 bits per heavy atom. The number of hydrogen-bond acceptors (Lipinski definition) is 6. The van der Waals surface area contributed by atoms with Gasteiger partial charge in [-0.15, -0.1) is 0 Å². The number of nitriles is 1. The van der Waals surface area contributed by atoms with Gasteiger partial charge in [-0.05, 0) is 13.8 Å². The molecule has 0 radical (unpaired) electrons. The van der Waals surface area contributed by atoms with Crippen LogP contribution in [-0.2, 0) is 18.8 Å². The summed E-state index contributed by atoms with van der Waals surface area (Å²) in [5.41, 5.74) is -1.29. The van der Waals surface area contributed by atoms with Crippen molar-refractivity contribution in [3.05, 3.63) is 26.4 Å². The Morgan fingerprint density at radius 3 is 2.39 bits per heavy atom. The standard InChI is InChI=1S/C15H23N5O3/c1-15(2,20-5-7-23-8-6-20)10-17-12-11(9-16)13(21)19(4)14(22)18(12)3/h17H,5-8,10H2,1-4H3. The summed E-state index contributed by atoms with van der Waals surface area (Å²) in [6.45, 7) is 7.70. The van der Waals surface area contributed by atoms with Crippen molar-refractivity contribution in [1.82, 2.24) is 14.0 Å². The van der Waals surface area contributed by atoms with Crippen LogP contribution in [0.3, 0.4) is 0 Å². The van der Waals surface area contributed by atoms with Crippen molar-refractivity contribution in [3.63, 3.8) is 0 Å². The summed E-state index contributed by atoms with van der Waals surface area (Å²) in [6, 6.07) is 1.90. The molecular formula is C15H23N5O3. The Hall–Kier alpha value is -2.11. The first-order valence-electron chi connectivity index (χ1n) is 7.56. The van der Waals surface area contributed by atoms with Crippen LogP contribution >= 0.6 is 0 Å². The van der Waals surface area contributed by atoms with Gasteiger partial charge in [-0.25, -0.2) is 4.79 Å². The Balaban J connectivity index is 2.29. The molecule has 0 saturated carbocycles. The van der Waals surface area contributed by atoms with Gasteiger partial charge in [0, 0.05) is 39.3 Å². The zero-order valence-electron chi connectivity index (χ0n) is 14.0. The van der Waals surface area contributed by atoms with Crippen LogP contribution in [0.2, 0.25) is 0 Å². The lowest BCUT2D eigenvalue weighted by Gasteiger charge is -2.41. The summed E-state index contributed by atoms with van der Waals surface area (Å²) < 4.78 is 7.61. The topological polar surface area (TPSA) is 92.3 Å². The van der Waals surface area contributed by atoms with Crippen LogP contribution in [0, 0.1) is 11.3 Å². The molecule has 1 saturated heterocycles. The molecule has 0 aromatic carbocycles. The minimum absolute atomic E-state index is 0.0487. The number of nitrogens with zero attached hydrogens (tertiary/aromatic N) is 4. The average molecular weight is 321 g/mol. The SMILES string of the molecule is Cn1c(NCC(C)(C)N2CCOCC2)c(C#N)c(=O)n(C)c1=O. The van der Waals surface area contributed by atoms with E-state index >= 15 is 0 Å². The molecule has 0 bridgehead atoms. The van der Waals surface area contributed by atoms with E-state index in [0.29, 0.717) is 19.8 Å². The number of rotatable bonds is 4. The van der Waals surface area contributed by atoms with Crippen LogP contribution in [-0.4, -0.2) is 52.4 Å². The van der Waals surface area contributed by atoms with Gasteiger partial charge in [0.2, 0.25) is 0 Å². The summed E-state index contributed by atoms with van der Waals surface area (Å²) in [4.78, 5) is 26.4. The summed E-state index contributed by atoms with van der Waals surface area (Å²) >= 11 is 0. The fourth-order valence-corrected chi connectivity index (χ4v) is 2.73. The first-order chi connectivity index (χ1) is 10.8. The number of nitrogens with one attached hydrogen (secondary N) is 1. The maximum Gasteiger partial charge on any atom is 0.332 e. The molecule has 1 aromatic rings. The number of aromatic nitrogens is 2. The van der Waals surface area contributed by atoms with Crippen molar-refractivity contribution in [2.45, 2.75) is 19.4 Å². The zero-order valence-corrected chi connectivity index (χ0v) is 14.0. The molecule has 0 spiro atoms. The molecule has 8 nitrogen and oxygen atoms in total. The Labute approximate surface area is 134 Å². The quantitative estimate of drug-likeness (QED) is 0.802. The summed E-state index contributed by atoms with van der Waals surface area (Å²) in [7, 11) is 2.92. The highest BCUT2D eigenvalue weighted by atomic mass is 16.5. The molecule has 1 aliphatic heterocycles. The lowest BCUT2D eigenvalue weighted by Crippen LogP contribution is -2.53. The fourth-order valence-electron chi connectivity index (χ4n) is 2.73. The van der Waals surface area contributed by atoms with Gasteiger partial charge in [-0.3, -0.25) is 18.8 Å². The van der Waals surface area contributed by atoms with Crippen molar-refractivity contribution < 1.29 is 4.74 Å². The van der Waals surface area contributed by atoms with Gasteiger partial charge in [-0.2, -0.15) is 5.26 Å². The van der Waals surface area contributed by atoms with E-state index in [0.717, 1.165) is 17.7 Å². The molecule has 2 rings (SSSR count). The Morgan fingerprint density at radius 2 is 1.83 bits per heavy atom. The normalized spacial score (nSPS) is 16.1. The highest BCUT2D eigenvalue weighted by molar-refractivity contribution is 5.51. The molecule has 23 heavy (non-hydrogen) atoms. The van der Waals surface area contributed by atoms with E-state index in [-0.39, 0.29) is 16.9 Å². The van der Waals surface area contributed by atoms with Gasteiger partial charge in [0.05, 0.1) is 13.2 Å². The zero-order chi connectivity index (χ0) is 17.2. The third-order valence-electron chi connectivity index (χ3n) is 4.33. The van der Waals surface area contributed by atoms with Gasteiger partial charge in [0.15, 0.2) is 5.56 Å². The van der Waals surface area contributed by atoms with E-state index in [1.807, 2.05) is 6.07 Å². The fraction of sp³-hybridized carbons (Fsp3) is 0.667. The molecule has 1 fully saturated rings. The maximum atomic E-state index is 12.1. The molecule has 8 heteroatoms. The highest BCUT2D eigenvalue weighted by Crippen LogP contribution is 2.18. The largest absolute Gasteiger partial charge is 0.379 e. The van der Waals surface area contributed by atoms with Crippen molar-refractivity contribution in [3.8, 4) is 6.07 Å². The number of anilines is 1. The Kier molecular flexibility index (Phi) is 4.92. The monoisotopic (exact) mass is 321 g/mol. The molecule has 1 aliphatic rings. The predicted octanol–water partition coefficient (Wildman–Crippen LogP) is -0.522. The first-order valence-corrected chi connectivity index (χ1v) is 7.56. The number of ether oxygens (including phenoxy) is 1. The van der Waals surface area contributed by atoms with Gasteiger partial charge in [-0.1, -0.05) is 0 Å². The predicted molar refractivity (Wildman–Crippen MR) is 86.6 cm³/mol. The molecular weight excluding hydrogens is 298 g/mol. The van der Waals surface area contributed by atoms with E-state index in [9.17, 15) is 14.9 Å². The second kappa shape index (κ2) is 6.56. The second-order valence-electron chi connectivity index (χ2n) is 6.31. The second-order valence-corrected chi connectivity index (χ2v) is 6.31. The molecule has 2 heterocycles. The van der Waals surface area contributed by atoms with E-state index in [1.165, 1.54) is 11.6 Å². The van der Waals surface area contributed by atoms with Crippen LogP contribution in [0.25, 0.3) is 0 Å². The lowest BCUT2D eigenvalue weighted by atomic mass is 10.0. The molecule has 0 amide bonds. The lowest BCUT2D eigenvalue weighted by molar-refractivity contribution is -0.00572. The molecule has 1 N–H and O–H groups in total. The van der Waals surface area contributed by atoms with Gasteiger partial charge < -0.3 is 10.1 Å². The van der Waals surface area contributed by atoms with Crippen LogP contribution in [0.4, 0.5) is 5.82 Å². The maximum absolute atomic E-state index is 12.1. The number of morpholine rings is 1. The first kappa shape index (κ1) is 17.2. The van der Waals surface area contributed by atoms with Gasteiger partial charge in [0.25, 0.3) is 5.56 Å². The van der Waals surface area contributed by atoms with Crippen molar-refractivity contribution in [1.29, 1.82) is 5.26 Å². The van der Waals surface area contributed by atoms with Crippen molar-refractivity contribution >= 4 is 5.82 Å². The molecule has 1 aromatic heterocycles. The average Bonchev–Trinajstić information content (AvgIpc) is 2.55. The summed E-state index contributed by atoms with van der Waals surface area (Å²) in [5, 5.41) is 12.4. The van der Waals surface area contributed by atoms with Crippen LogP contribution in [0.5, 0.6) is 0 Å². The molecule has 0 aliphatic carbocycles. The molecule has 0 unspecified atom stereocenters. The Bertz CT molecular complexity index is 735. The number of hydrogen-bond donors (Lipinski definition) is 1. The minimum Gasteiger partial charge on any atom is -0.379 e. The third kappa shape index (κ3) is 3.30. The third-order valence-corrected chi connectivity index (χ3v) is 4.33. The van der Waals surface area contributed by atoms with Gasteiger partial charge in [0.1, 0.15) is 11.9 Å². The van der Waals surface area contributed by atoms with Crippen LogP contribution < -0.4 is 16.6 Å². The van der Waals surface area contributed by atoms with Crippen molar-refractivity contribution in [2.24, 2.45) is 14.1 Å². The van der Waals surface area contributed by atoms with E-state index in [2.05, 4.69) is 24.1 Å². The summed E-state index contributed by atoms with van der Waals surface area (Å²) in [6.07, 6.45) is 0. The minimum atomic E-state index is -0.581. The van der Waals surface area contributed by atoms with Gasteiger partial charge >= 0.3 is 5.69 Å². The van der Waals surface area contributed by atoms with Crippen LogP contribution in [0.1, 0.15) is 19.4 Å². The summed E-state index contributed by atoms with van der Waals surface area (Å²) in [5.74, 6) is 0.266. The molecule has 0 atom stereocenters. The highest BCUT2D eigenvalue weighted by Gasteiger charge is 2.29. The van der Waals surface area contributed by atoms with E-state index in [4.69, 9.17) is 4.74 Å². The van der Waals surface area contributed by atoms with Crippen molar-refractivity contribution in [2.75, 3.05) is 38.2 Å². The van der Waals surface area contributed by atoms with E-state index in [1.54, 1.807) is 7.05 Å². The van der Waals surface area contributed by atoms with Crippen LogP contribution in [0.15, 0.2) is 9.59 Å². The van der Waals surface area contributed by atoms with E-state index < -0.39 is 11.2 Å². The molecule has 126 valence electrons.